The van der Waals surface area contributed by atoms with Crippen LogP contribution in [0.4, 0.5) is 4.39 Å². The molecule has 29 heavy (non-hydrogen) atoms. The van der Waals surface area contributed by atoms with Gasteiger partial charge in [-0.15, -0.1) is 10.2 Å². The predicted molar refractivity (Wildman–Crippen MR) is 112 cm³/mol. The number of halogens is 2. The zero-order valence-corrected chi connectivity index (χ0v) is 17.8. The van der Waals surface area contributed by atoms with E-state index in [-0.39, 0.29) is 18.2 Å². The van der Waals surface area contributed by atoms with E-state index in [1.165, 1.54) is 28.8 Å². The van der Waals surface area contributed by atoms with Crippen LogP contribution in [0.5, 0.6) is 5.75 Å². The molecule has 2 aromatic carbocycles. The third kappa shape index (κ3) is 4.89. The Morgan fingerprint density at radius 3 is 2.76 bits per heavy atom. The average molecular weight is 435 g/mol. The van der Waals surface area contributed by atoms with Gasteiger partial charge in [0, 0.05) is 36.8 Å². The van der Waals surface area contributed by atoms with E-state index in [4.69, 9.17) is 16.3 Å². The molecule has 0 aliphatic carbocycles. The number of amides is 1. The molecule has 0 bridgehead atoms. The molecule has 3 rings (SSSR count). The van der Waals surface area contributed by atoms with E-state index in [0.717, 1.165) is 11.3 Å². The summed E-state index contributed by atoms with van der Waals surface area (Å²) in [6.45, 7) is 0.0960. The lowest BCUT2D eigenvalue weighted by Gasteiger charge is -2.18. The number of rotatable bonds is 7. The Hall–Kier alpha value is -2.58. The van der Waals surface area contributed by atoms with E-state index < -0.39 is 5.82 Å². The number of carbonyl (C=O) groups excluding carboxylic acids is 1. The predicted octanol–water partition coefficient (Wildman–Crippen LogP) is 4.03. The van der Waals surface area contributed by atoms with Crippen molar-refractivity contribution in [1.82, 2.24) is 19.7 Å². The Bertz CT molecular complexity index is 1010. The SMILES string of the molecule is COc1cccc(-c2nnc(SCC(=O)N(C)Cc3c(F)cccc3Cl)n2C)c1. The Morgan fingerprint density at radius 2 is 2.03 bits per heavy atom. The number of thioether (sulfide) groups is 1. The molecule has 0 fully saturated rings. The van der Waals surface area contributed by atoms with E-state index in [1.807, 2.05) is 35.9 Å². The molecule has 0 radical (unpaired) electrons. The normalized spacial score (nSPS) is 10.8. The van der Waals surface area contributed by atoms with Crippen molar-refractivity contribution in [2.75, 3.05) is 19.9 Å². The maximum Gasteiger partial charge on any atom is 0.233 e. The lowest BCUT2D eigenvalue weighted by Crippen LogP contribution is -2.28. The minimum atomic E-state index is -0.430. The fraction of sp³-hybridized carbons (Fsp3) is 0.250. The molecule has 1 amide bonds. The summed E-state index contributed by atoms with van der Waals surface area (Å²) in [4.78, 5) is 13.9. The smallest absolute Gasteiger partial charge is 0.233 e. The fourth-order valence-electron chi connectivity index (χ4n) is 2.70. The first-order chi connectivity index (χ1) is 13.9. The van der Waals surface area contributed by atoms with E-state index >= 15 is 0 Å². The molecular formula is C20H20ClFN4O2S. The monoisotopic (exact) mass is 434 g/mol. The summed E-state index contributed by atoms with van der Waals surface area (Å²) in [7, 11) is 5.06. The number of carbonyl (C=O) groups is 1. The molecule has 1 aromatic heterocycles. The first-order valence-electron chi connectivity index (χ1n) is 8.74. The molecule has 0 aliphatic rings. The quantitative estimate of drug-likeness (QED) is 0.525. The summed E-state index contributed by atoms with van der Waals surface area (Å²) < 4.78 is 21.0. The summed E-state index contributed by atoms with van der Waals surface area (Å²) in [6, 6.07) is 12.0. The van der Waals surface area contributed by atoms with Crippen molar-refractivity contribution in [3.8, 4) is 17.1 Å². The summed E-state index contributed by atoms with van der Waals surface area (Å²) in [5.41, 5.74) is 1.16. The second kappa shape index (κ2) is 9.28. The first-order valence-corrected chi connectivity index (χ1v) is 10.1. The van der Waals surface area contributed by atoms with Crippen molar-refractivity contribution < 1.29 is 13.9 Å². The number of aromatic nitrogens is 3. The van der Waals surface area contributed by atoms with Crippen LogP contribution in [0.2, 0.25) is 5.02 Å². The topological polar surface area (TPSA) is 60.3 Å². The maximum atomic E-state index is 13.9. The minimum absolute atomic E-state index is 0.0960. The molecule has 0 saturated heterocycles. The van der Waals surface area contributed by atoms with Gasteiger partial charge in [-0.3, -0.25) is 4.79 Å². The largest absolute Gasteiger partial charge is 0.497 e. The lowest BCUT2D eigenvalue weighted by molar-refractivity contribution is -0.127. The average Bonchev–Trinajstić information content (AvgIpc) is 3.09. The zero-order chi connectivity index (χ0) is 21.0. The van der Waals surface area contributed by atoms with Gasteiger partial charge < -0.3 is 14.2 Å². The van der Waals surface area contributed by atoms with Crippen molar-refractivity contribution in [3.05, 3.63) is 58.9 Å². The number of ether oxygens (including phenoxy) is 1. The second-order valence-corrected chi connectivity index (χ2v) is 7.69. The van der Waals surface area contributed by atoms with Gasteiger partial charge in [-0.2, -0.15) is 0 Å². The Kier molecular flexibility index (Phi) is 6.76. The second-order valence-electron chi connectivity index (χ2n) is 6.34. The van der Waals surface area contributed by atoms with Crippen LogP contribution in [-0.4, -0.2) is 45.5 Å². The van der Waals surface area contributed by atoms with Crippen LogP contribution in [0.3, 0.4) is 0 Å². The highest BCUT2D eigenvalue weighted by Gasteiger charge is 2.17. The van der Waals surface area contributed by atoms with Gasteiger partial charge in [0.05, 0.1) is 12.9 Å². The van der Waals surface area contributed by atoms with Crippen LogP contribution in [-0.2, 0) is 18.4 Å². The van der Waals surface area contributed by atoms with Crippen LogP contribution < -0.4 is 4.74 Å². The number of hydrogen-bond acceptors (Lipinski definition) is 5. The van der Waals surface area contributed by atoms with Crippen molar-refractivity contribution in [1.29, 1.82) is 0 Å². The summed E-state index contributed by atoms with van der Waals surface area (Å²) >= 11 is 7.31. The molecule has 1 heterocycles. The van der Waals surface area contributed by atoms with Crippen LogP contribution in [0, 0.1) is 5.82 Å². The summed E-state index contributed by atoms with van der Waals surface area (Å²) in [5, 5.41) is 9.30. The van der Waals surface area contributed by atoms with Gasteiger partial charge in [0.15, 0.2) is 11.0 Å². The van der Waals surface area contributed by atoms with Crippen LogP contribution >= 0.6 is 23.4 Å². The molecule has 0 N–H and O–H groups in total. The Balaban J connectivity index is 1.65. The van der Waals surface area contributed by atoms with Crippen molar-refractivity contribution in [2.24, 2.45) is 7.05 Å². The van der Waals surface area contributed by atoms with Gasteiger partial charge in [0.1, 0.15) is 11.6 Å². The lowest BCUT2D eigenvalue weighted by atomic mass is 10.2. The van der Waals surface area contributed by atoms with E-state index in [2.05, 4.69) is 10.2 Å². The van der Waals surface area contributed by atoms with Crippen LogP contribution in [0.15, 0.2) is 47.6 Å². The molecular weight excluding hydrogens is 415 g/mol. The van der Waals surface area contributed by atoms with Gasteiger partial charge in [-0.1, -0.05) is 41.6 Å². The van der Waals surface area contributed by atoms with Gasteiger partial charge in [-0.25, -0.2) is 4.39 Å². The van der Waals surface area contributed by atoms with Crippen molar-refractivity contribution in [2.45, 2.75) is 11.7 Å². The van der Waals surface area contributed by atoms with Gasteiger partial charge >= 0.3 is 0 Å². The highest BCUT2D eigenvalue weighted by Crippen LogP contribution is 2.26. The molecule has 0 unspecified atom stereocenters. The first kappa shape index (κ1) is 21.1. The molecule has 0 atom stereocenters. The van der Waals surface area contributed by atoms with E-state index in [0.29, 0.717) is 21.6 Å². The van der Waals surface area contributed by atoms with Crippen molar-refractivity contribution >= 4 is 29.3 Å². The highest BCUT2D eigenvalue weighted by molar-refractivity contribution is 7.99. The molecule has 152 valence electrons. The minimum Gasteiger partial charge on any atom is -0.497 e. The van der Waals surface area contributed by atoms with E-state index in [1.54, 1.807) is 20.2 Å². The standard InChI is InChI=1S/C20H20ClFN4O2S/c1-25(11-15-16(21)8-5-9-17(15)22)18(27)12-29-20-24-23-19(26(20)2)13-6-4-7-14(10-13)28-3/h4-10H,11-12H2,1-3H3. The number of benzene rings is 2. The number of hydrogen-bond donors (Lipinski definition) is 0. The highest BCUT2D eigenvalue weighted by atomic mass is 35.5. The van der Waals surface area contributed by atoms with Crippen LogP contribution in [0.25, 0.3) is 11.4 Å². The molecule has 0 aliphatic heterocycles. The molecule has 9 heteroatoms. The van der Waals surface area contributed by atoms with Crippen molar-refractivity contribution in [3.63, 3.8) is 0 Å². The third-order valence-electron chi connectivity index (χ3n) is 4.37. The van der Waals surface area contributed by atoms with Gasteiger partial charge in [-0.05, 0) is 24.3 Å². The molecule has 6 nitrogen and oxygen atoms in total. The molecule has 0 spiro atoms. The Labute approximate surface area is 177 Å². The van der Waals surface area contributed by atoms with E-state index in [9.17, 15) is 9.18 Å². The summed E-state index contributed by atoms with van der Waals surface area (Å²) in [6.07, 6.45) is 0. The number of nitrogens with zero attached hydrogens (tertiary/aromatic N) is 4. The zero-order valence-electron chi connectivity index (χ0n) is 16.2. The Morgan fingerprint density at radius 1 is 1.28 bits per heavy atom. The number of methoxy groups -OCH3 is 1. The molecule has 3 aromatic rings. The van der Waals surface area contributed by atoms with Gasteiger partial charge in [0.2, 0.25) is 5.91 Å². The molecule has 0 saturated carbocycles. The summed E-state index contributed by atoms with van der Waals surface area (Å²) in [5.74, 6) is 0.946. The third-order valence-corrected chi connectivity index (χ3v) is 5.73. The van der Waals surface area contributed by atoms with Gasteiger partial charge in [0.25, 0.3) is 0 Å². The maximum absolute atomic E-state index is 13.9. The van der Waals surface area contributed by atoms with Crippen LogP contribution in [0.1, 0.15) is 5.56 Å². The fourth-order valence-corrected chi connectivity index (χ4v) is 3.77.